The number of rotatable bonds is 5. The fourth-order valence-corrected chi connectivity index (χ4v) is 2.80. The average Bonchev–Trinajstić information content (AvgIpc) is 3.15. The molecule has 126 valence electrons. The van der Waals surface area contributed by atoms with E-state index in [9.17, 15) is 4.79 Å². The van der Waals surface area contributed by atoms with Gasteiger partial charge in [-0.15, -0.1) is 12.4 Å². The largest absolute Gasteiger partial charge is 0.361 e. The molecule has 3 heterocycles. The van der Waals surface area contributed by atoms with Crippen molar-refractivity contribution < 1.29 is 9.32 Å². The maximum atomic E-state index is 12.4. The first-order valence-corrected chi connectivity index (χ1v) is 7.75. The van der Waals surface area contributed by atoms with Crippen LogP contribution in [0.4, 0.5) is 0 Å². The van der Waals surface area contributed by atoms with Gasteiger partial charge in [-0.25, -0.2) is 0 Å². The van der Waals surface area contributed by atoms with E-state index in [4.69, 9.17) is 4.52 Å². The quantitative estimate of drug-likeness (QED) is 0.767. The van der Waals surface area contributed by atoms with Crippen molar-refractivity contribution in [1.82, 2.24) is 26.0 Å². The lowest BCUT2D eigenvalue weighted by atomic mass is 10.1. The lowest BCUT2D eigenvalue weighted by Gasteiger charge is -2.12. The monoisotopic (exact) mass is 339 g/mol. The smallest absolute Gasteiger partial charge is 0.272 e. The van der Waals surface area contributed by atoms with Gasteiger partial charge in [0.25, 0.3) is 5.91 Å². The molecule has 1 aliphatic rings. The fraction of sp³-hybridized carbons (Fsp3) is 0.533. The molecule has 0 radical (unpaired) electrons. The molecule has 0 aromatic carbocycles. The van der Waals surface area contributed by atoms with E-state index in [0.29, 0.717) is 18.8 Å². The number of carbonyl (C=O) groups is 1. The van der Waals surface area contributed by atoms with Gasteiger partial charge < -0.3 is 15.2 Å². The predicted molar refractivity (Wildman–Crippen MR) is 87.7 cm³/mol. The molecular formula is C15H22ClN5O2. The second-order valence-corrected chi connectivity index (χ2v) is 5.38. The molecule has 3 rings (SSSR count). The number of nitrogens with one attached hydrogen (secondary N) is 3. The number of aromatic amines is 1. The number of H-pyrrole nitrogens is 1. The lowest BCUT2D eigenvalue weighted by molar-refractivity contribution is 0.0944. The fourth-order valence-electron chi connectivity index (χ4n) is 2.80. The Morgan fingerprint density at radius 1 is 1.35 bits per heavy atom. The molecule has 0 spiro atoms. The van der Waals surface area contributed by atoms with Gasteiger partial charge in [-0.05, 0) is 6.42 Å². The van der Waals surface area contributed by atoms with E-state index < -0.39 is 0 Å². The van der Waals surface area contributed by atoms with Crippen molar-refractivity contribution in [2.75, 3.05) is 6.54 Å². The summed E-state index contributed by atoms with van der Waals surface area (Å²) >= 11 is 0. The number of hydrogen-bond donors (Lipinski definition) is 3. The van der Waals surface area contributed by atoms with Gasteiger partial charge in [0.15, 0.2) is 5.69 Å². The van der Waals surface area contributed by atoms with Crippen LogP contribution >= 0.6 is 12.4 Å². The van der Waals surface area contributed by atoms with Crippen molar-refractivity contribution in [1.29, 1.82) is 0 Å². The summed E-state index contributed by atoms with van der Waals surface area (Å²) in [7, 11) is 0. The van der Waals surface area contributed by atoms with Crippen LogP contribution in [0.2, 0.25) is 0 Å². The molecule has 8 heteroatoms. The molecule has 1 amide bonds. The minimum Gasteiger partial charge on any atom is -0.361 e. The third-order valence-corrected chi connectivity index (χ3v) is 4.05. The van der Waals surface area contributed by atoms with E-state index in [1.807, 2.05) is 13.8 Å². The van der Waals surface area contributed by atoms with Crippen LogP contribution in [0.25, 0.3) is 0 Å². The Kier molecular flexibility index (Phi) is 5.79. The summed E-state index contributed by atoms with van der Waals surface area (Å²) in [6.07, 6.45) is 2.43. The van der Waals surface area contributed by atoms with Crippen LogP contribution in [0.1, 0.15) is 52.6 Å². The number of aromatic nitrogens is 3. The zero-order valence-electron chi connectivity index (χ0n) is 13.4. The summed E-state index contributed by atoms with van der Waals surface area (Å²) in [6.45, 7) is 6.06. The number of fused-ring (bicyclic) bond motifs is 1. The van der Waals surface area contributed by atoms with Crippen molar-refractivity contribution in [3.05, 3.63) is 34.0 Å². The third kappa shape index (κ3) is 3.40. The predicted octanol–water partition coefficient (Wildman–Crippen LogP) is 1.52. The van der Waals surface area contributed by atoms with Crippen molar-refractivity contribution in [2.24, 2.45) is 0 Å². The molecule has 0 bridgehead atoms. The van der Waals surface area contributed by atoms with Gasteiger partial charge in [-0.2, -0.15) is 5.10 Å². The standard InChI is InChI=1S/C15H21N5O2.ClH/c1-3-11-9(13(4-2)22-20-11)8-17-15(21)14-10-7-16-6-5-12(10)18-19-14;/h16H,3-8H2,1-2H3,(H,17,21)(H,18,19);1H. The lowest BCUT2D eigenvalue weighted by Crippen LogP contribution is -2.28. The second kappa shape index (κ2) is 7.61. The summed E-state index contributed by atoms with van der Waals surface area (Å²) in [5, 5.41) is 17.4. The molecule has 3 N–H and O–H groups in total. The highest BCUT2D eigenvalue weighted by Gasteiger charge is 2.22. The first-order chi connectivity index (χ1) is 10.7. The summed E-state index contributed by atoms with van der Waals surface area (Å²) in [5.74, 6) is 0.675. The maximum absolute atomic E-state index is 12.4. The zero-order chi connectivity index (χ0) is 15.5. The Balaban J connectivity index is 0.00000192. The molecule has 1 aliphatic heterocycles. The summed E-state index contributed by atoms with van der Waals surface area (Å²) in [6, 6.07) is 0. The van der Waals surface area contributed by atoms with Gasteiger partial charge in [-0.3, -0.25) is 9.89 Å². The van der Waals surface area contributed by atoms with Crippen LogP contribution in [0.3, 0.4) is 0 Å². The normalized spacial score (nSPS) is 13.3. The van der Waals surface area contributed by atoms with E-state index in [-0.39, 0.29) is 18.3 Å². The Hall–Kier alpha value is -1.86. The van der Waals surface area contributed by atoms with E-state index in [1.54, 1.807) is 0 Å². The zero-order valence-corrected chi connectivity index (χ0v) is 14.2. The number of hydrogen-bond acceptors (Lipinski definition) is 5. The molecule has 2 aromatic heterocycles. The van der Waals surface area contributed by atoms with Crippen LogP contribution < -0.4 is 10.6 Å². The minimum atomic E-state index is -0.161. The molecule has 0 atom stereocenters. The first-order valence-electron chi connectivity index (χ1n) is 7.75. The van der Waals surface area contributed by atoms with E-state index >= 15 is 0 Å². The topological polar surface area (TPSA) is 95.8 Å². The van der Waals surface area contributed by atoms with Crippen LogP contribution in [-0.4, -0.2) is 27.8 Å². The van der Waals surface area contributed by atoms with Crippen LogP contribution in [0, 0.1) is 0 Å². The Labute approximate surface area is 141 Å². The number of halogens is 1. The molecular weight excluding hydrogens is 318 g/mol. The summed E-state index contributed by atoms with van der Waals surface area (Å²) in [5.41, 5.74) is 4.40. The second-order valence-electron chi connectivity index (χ2n) is 5.38. The Bertz CT molecular complexity index is 658. The molecule has 2 aromatic rings. The van der Waals surface area contributed by atoms with E-state index in [1.165, 1.54) is 0 Å². The van der Waals surface area contributed by atoms with E-state index in [2.05, 4.69) is 26.0 Å². The SMILES string of the molecule is CCc1noc(CC)c1CNC(=O)c1n[nH]c2c1CNCC2.Cl. The van der Waals surface area contributed by atoms with Gasteiger partial charge >= 0.3 is 0 Å². The third-order valence-electron chi connectivity index (χ3n) is 4.05. The van der Waals surface area contributed by atoms with Crippen LogP contribution in [0.5, 0.6) is 0 Å². The molecule has 0 saturated heterocycles. The highest BCUT2D eigenvalue weighted by Crippen LogP contribution is 2.17. The minimum absolute atomic E-state index is 0. The van der Waals surface area contributed by atoms with Crippen molar-refractivity contribution in [3.8, 4) is 0 Å². The van der Waals surface area contributed by atoms with Crippen molar-refractivity contribution in [2.45, 2.75) is 46.2 Å². The molecule has 7 nitrogen and oxygen atoms in total. The van der Waals surface area contributed by atoms with E-state index in [0.717, 1.165) is 54.1 Å². The van der Waals surface area contributed by atoms with Gasteiger partial charge in [0.2, 0.25) is 0 Å². The van der Waals surface area contributed by atoms with Crippen LogP contribution in [0.15, 0.2) is 4.52 Å². The highest BCUT2D eigenvalue weighted by molar-refractivity contribution is 5.94. The Morgan fingerprint density at radius 3 is 2.91 bits per heavy atom. The van der Waals surface area contributed by atoms with Gasteiger partial charge in [-0.1, -0.05) is 19.0 Å². The highest BCUT2D eigenvalue weighted by atomic mass is 35.5. The van der Waals surface area contributed by atoms with Gasteiger partial charge in [0.05, 0.1) is 5.69 Å². The number of carbonyl (C=O) groups excluding carboxylic acids is 1. The summed E-state index contributed by atoms with van der Waals surface area (Å²) in [4.78, 5) is 12.4. The first kappa shape index (κ1) is 17.5. The van der Waals surface area contributed by atoms with Crippen LogP contribution in [-0.2, 0) is 32.4 Å². The van der Waals surface area contributed by atoms with Crippen molar-refractivity contribution >= 4 is 18.3 Å². The maximum Gasteiger partial charge on any atom is 0.272 e. The number of amides is 1. The molecule has 0 saturated carbocycles. The number of nitrogens with zero attached hydrogens (tertiary/aromatic N) is 2. The Morgan fingerprint density at radius 2 is 2.17 bits per heavy atom. The average molecular weight is 340 g/mol. The van der Waals surface area contributed by atoms with Gasteiger partial charge in [0.1, 0.15) is 5.76 Å². The molecule has 0 unspecified atom stereocenters. The number of aryl methyl sites for hydroxylation is 2. The van der Waals surface area contributed by atoms with Crippen molar-refractivity contribution in [3.63, 3.8) is 0 Å². The van der Waals surface area contributed by atoms with Gasteiger partial charge in [0, 0.05) is 49.3 Å². The molecule has 0 fully saturated rings. The summed E-state index contributed by atoms with van der Waals surface area (Å²) < 4.78 is 5.32. The molecule has 23 heavy (non-hydrogen) atoms. The molecule has 0 aliphatic carbocycles.